The van der Waals surface area contributed by atoms with E-state index in [1.54, 1.807) is 12.3 Å². The first kappa shape index (κ1) is 12.6. The molecule has 2 aromatic heterocycles. The first-order valence-electron chi connectivity index (χ1n) is 6.50. The van der Waals surface area contributed by atoms with Gasteiger partial charge in [-0.2, -0.15) is 0 Å². The smallest absolute Gasteiger partial charge is 0.123 e. The normalized spacial score (nSPS) is 11.1. The molecule has 0 fully saturated rings. The molecular weight excluding hydrogens is 252 g/mol. The van der Waals surface area contributed by atoms with E-state index in [1.807, 2.05) is 35.8 Å². The van der Waals surface area contributed by atoms with E-state index in [-0.39, 0.29) is 6.61 Å². The number of benzene rings is 1. The second-order valence-corrected chi connectivity index (χ2v) is 4.72. The van der Waals surface area contributed by atoms with Crippen molar-refractivity contribution in [2.45, 2.75) is 13.3 Å². The second-order valence-electron chi connectivity index (χ2n) is 4.72. The number of aryl methyl sites for hydroxylation is 1. The van der Waals surface area contributed by atoms with Crippen LogP contribution >= 0.6 is 0 Å². The fourth-order valence-electron chi connectivity index (χ4n) is 2.37. The predicted octanol–water partition coefficient (Wildman–Crippen LogP) is 1.85. The minimum Gasteiger partial charge on any atom is -0.396 e. The molecule has 0 bridgehead atoms. The van der Waals surface area contributed by atoms with Gasteiger partial charge in [-0.3, -0.25) is 4.57 Å². The maximum Gasteiger partial charge on any atom is 0.123 e. The zero-order valence-electron chi connectivity index (χ0n) is 11.2. The quantitative estimate of drug-likeness (QED) is 0.760. The third-order valence-corrected chi connectivity index (χ3v) is 3.32. The number of fused-ring (bicyclic) bond motifs is 1. The van der Waals surface area contributed by atoms with Crippen LogP contribution in [0.2, 0.25) is 0 Å². The van der Waals surface area contributed by atoms with Crippen LogP contribution in [0.5, 0.6) is 0 Å². The monoisotopic (exact) mass is 268 g/mol. The summed E-state index contributed by atoms with van der Waals surface area (Å²) in [5, 5.41) is 9.24. The van der Waals surface area contributed by atoms with Gasteiger partial charge in [0.1, 0.15) is 11.6 Å². The van der Waals surface area contributed by atoms with Gasteiger partial charge in [-0.25, -0.2) is 9.97 Å². The summed E-state index contributed by atoms with van der Waals surface area (Å²) in [4.78, 5) is 8.78. The Bertz CT molecular complexity index is 746. The molecule has 0 aliphatic carbocycles. The lowest BCUT2D eigenvalue weighted by Crippen LogP contribution is -2.04. The van der Waals surface area contributed by atoms with Gasteiger partial charge in [0.05, 0.1) is 29.5 Å². The molecule has 0 unspecified atom stereocenters. The van der Waals surface area contributed by atoms with E-state index in [0.29, 0.717) is 12.2 Å². The number of aromatic nitrogens is 3. The molecule has 0 radical (unpaired) electrons. The van der Waals surface area contributed by atoms with Crippen molar-refractivity contribution in [3.63, 3.8) is 0 Å². The molecule has 102 valence electrons. The minimum absolute atomic E-state index is 0.0603. The minimum atomic E-state index is 0.0603. The van der Waals surface area contributed by atoms with Crippen molar-refractivity contribution in [2.24, 2.45) is 0 Å². The maximum absolute atomic E-state index is 9.24. The van der Waals surface area contributed by atoms with Gasteiger partial charge < -0.3 is 10.8 Å². The van der Waals surface area contributed by atoms with E-state index in [2.05, 4.69) is 9.97 Å². The Morgan fingerprint density at radius 2 is 2.10 bits per heavy atom. The van der Waals surface area contributed by atoms with E-state index >= 15 is 0 Å². The standard InChI is InChI=1S/C15H16N4O/c1-10-3-2-4-12-15(10)18-14(7-8-20)19(12)11-5-6-13(16)17-9-11/h2-6,9,20H,7-8H2,1H3,(H2,16,17). The highest BCUT2D eigenvalue weighted by Gasteiger charge is 2.13. The molecule has 5 heteroatoms. The van der Waals surface area contributed by atoms with Crippen molar-refractivity contribution in [3.05, 3.63) is 47.9 Å². The predicted molar refractivity (Wildman–Crippen MR) is 78.8 cm³/mol. The number of nitrogens with zero attached hydrogens (tertiary/aromatic N) is 3. The van der Waals surface area contributed by atoms with Gasteiger partial charge in [-0.1, -0.05) is 12.1 Å². The molecule has 3 rings (SSSR count). The topological polar surface area (TPSA) is 77.0 Å². The summed E-state index contributed by atoms with van der Waals surface area (Å²) in [5.41, 5.74) is 9.62. The van der Waals surface area contributed by atoms with Gasteiger partial charge in [0.2, 0.25) is 0 Å². The highest BCUT2D eigenvalue weighted by Crippen LogP contribution is 2.24. The molecular formula is C15H16N4O. The molecule has 5 nitrogen and oxygen atoms in total. The fraction of sp³-hybridized carbons (Fsp3) is 0.200. The summed E-state index contributed by atoms with van der Waals surface area (Å²) in [6, 6.07) is 9.73. The summed E-state index contributed by atoms with van der Waals surface area (Å²) in [6.45, 7) is 2.09. The average Bonchev–Trinajstić information content (AvgIpc) is 2.80. The number of hydrogen-bond acceptors (Lipinski definition) is 4. The van der Waals surface area contributed by atoms with Crippen LogP contribution in [0.1, 0.15) is 11.4 Å². The summed E-state index contributed by atoms with van der Waals surface area (Å²) in [6.07, 6.45) is 2.22. The van der Waals surface area contributed by atoms with Crippen LogP contribution < -0.4 is 5.73 Å². The average molecular weight is 268 g/mol. The van der Waals surface area contributed by atoms with Crippen LogP contribution in [0.4, 0.5) is 5.82 Å². The van der Waals surface area contributed by atoms with E-state index < -0.39 is 0 Å². The molecule has 20 heavy (non-hydrogen) atoms. The molecule has 0 saturated heterocycles. The Morgan fingerprint density at radius 3 is 2.80 bits per heavy atom. The lowest BCUT2D eigenvalue weighted by atomic mass is 10.2. The van der Waals surface area contributed by atoms with Crippen LogP contribution in [0.25, 0.3) is 16.7 Å². The number of nitrogens with two attached hydrogens (primary N) is 1. The molecule has 3 aromatic rings. The Hall–Kier alpha value is -2.40. The van der Waals surface area contributed by atoms with Gasteiger partial charge in [0.15, 0.2) is 0 Å². The molecule has 2 heterocycles. The number of pyridine rings is 1. The number of anilines is 1. The van der Waals surface area contributed by atoms with Crippen molar-refractivity contribution < 1.29 is 5.11 Å². The lowest BCUT2D eigenvalue weighted by Gasteiger charge is -2.08. The van der Waals surface area contributed by atoms with Gasteiger partial charge in [0, 0.05) is 6.42 Å². The Morgan fingerprint density at radius 1 is 1.25 bits per heavy atom. The third-order valence-electron chi connectivity index (χ3n) is 3.32. The van der Waals surface area contributed by atoms with E-state index in [4.69, 9.17) is 5.73 Å². The summed E-state index contributed by atoms with van der Waals surface area (Å²) in [5.74, 6) is 1.31. The number of hydrogen-bond donors (Lipinski definition) is 2. The Balaban J connectivity index is 2.28. The first-order chi connectivity index (χ1) is 9.70. The van der Waals surface area contributed by atoms with Crippen molar-refractivity contribution >= 4 is 16.9 Å². The van der Waals surface area contributed by atoms with Gasteiger partial charge in [0.25, 0.3) is 0 Å². The Kier molecular flexibility index (Phi) is 3.12. The third kappa shape index (κ3) is 2.02. The molecule has 0 atom stereocenters. The number of imidazole rings is 1. The molecule has 1 aromatic carbocycles. The highest BCUT2D eigenvalue weighted by molar-refractivity contribution is 5.81. The number of aliphatic hydroxyl groups is 1. The second kappa shape index (κ2) is 4.94. The van der Waals surface area contributed by atoms with Crippen molar-refractivity contribution in [3.8, 4) is 5.69 Å². The molecule has 0 aliphatic rings. The largest absolute Gasteiger partial charge is 0.396 e. The van der Waals surface area contributed by atoms with E-state index in [9.17, 15) is 5.11 Å². The van der Waals surface area contributed by atoms with Gasteiger partial charge in [-0.05, 0) is 30.7 Å². The molecule has 0 saturated carbocycles. The number of nitrogen functional groups attached to an aromatic ring is 1. The van der Waals surface area contributed by atoms with Crippen LogP contribution in [0.15, 0.2) is 36.5 Å². The van der Waals surface area contributed by atoms with Crippen molar-refractivity contribution in [2.75, 3.05) is 12.3 Å². The van der Waals surface area contributed by atoms with Crippen molar-refractivity contribution in [1.82, 2.24) is 14.5 Å². The Labute approximate surface area is 116 Å². The fourth-order valence-corrected chi connectivity index (χ4v) is 2.37. The lowest BCUT2D eigenvalue weighted by molar-refractivity contribution is 0.296. The van der Waals surface area contributed by atoms with Crippen molar-refractivity contribution in [1.29, 1.82) is 0 Å². The molecule has 3 N–H and O–H groups in total. The number of para-hydroxylation sites is 1. The highest BCUT2D eigenvalue weighted by atomic mass is 16.3. The SMILES string of the molecule is Cc1cccc2c1nc(CCO)n2-c1ccc(N)nc1. The van der Waals surface area contributed by atoms with Crippen LogP contribution in [-0.4, -0.2) is 26.2 Å². The molecule has 0 amide bonds. The van der Waals surface area contributed by atoms with Crippen LogP contribution in [-0.2, 0) is 6.42 Å². The zero-order valence-corrected chi connectivity index (χ0v) is 11.2. The van der Waals surface area contributed by atoms with E-state index in [0.717, 1.165) is 28.1 Å². The maximum atomic E-state index is 9.24. The van der Waals surface area contributed by atoms with Crippen LogP contribution in [0.3, 0.4) is 0 Å². The zero-order chi connectivity index (χ0) is 14.1. The summed E-state index contributed by atoms with van der Waals surface area (Å²) < 4.78 is 2.02. The molecule has 0 aliphatic heterocycles. The van der Waals surface area contributed by atoms with Gasteiger partial charge >= 0.3 is 0 Å². The van der Waals surface area contributed by atoms with Crippen LogP contribution in [0, 0.1) is 6.92 Å². The first-order valence-corrected chi connectivity index (χ1v) is 6.50. The summed E-state index contributed by atoms with van der Waals surface area (Å²) >= 11 is 0. The number of rotatable bonds is 3. The van der Waals surface area contributed by atoms with Gasteiger partial charge in [-0.15, -0.1) is 0 Å². The number of aliphatic hydroxyl groups excluding tert-OH is 1. The summed E-state index contributed by atoms with van der Waals surface area (Å²) in [7, 11) is 0. The molecule has 0 spiro atoms. The van der Waals surface area contributed by atoms with E-state index in [1.165, 1.54) is 0 Å².